The molecule has 0 spiro atoms. The maximum Gasteiger partial charge on any atom is 0.224 e. The number of pyridine rings is 1. The number of amides is 1. The lowest BCUT2D eigenvalue weighted by Gasteiger charge is -2.07. The highest BCUT2D eigenvalue weighted by Gasteiger charge is 2.07. The van der Waals surface area contributed by atoms with Crippen molar-refractivity contribution in [3.63, 3.8) is 0 Å². The summed E-state index contributed by atoms with van der Waals surface area (Å²) in [6, 6.07) is 11.8. The van der Waals surface area contributed by atoms with Crippen molar-refractivity contribution in [2.24, 2.45) is 5.73 Å². The molecule has 1 amide bonds. The van der Waals surface area contributed by atoms with Gasteiger partial charge >= 0.3 is 0 Å². The van der Waals surface area contributed by atoms with E-state index in [4.69, 9.17) is 5.73 Å². The minimum atomic E-state index is -0.0107. The van der Waals surface area contributed by atoms with Gasteiger partial charge in [0.15, 0.2) is 0 Å². The van der Waals surface area contributed by atoms with Crippen LogP contribution in [-0.2, 0) is 4.79 Å². The van der Waals surface area contributed by atoms with Crippen LogP contribution in [-0.4, -0.2) is 21.3 Å². The predicted molar refractivity (Wildman–Crippen MR) is 96.9 cm³/mol. The predicted octanol–water partition coefficient (Wildman–Crippen LogP) is 3.38. The number of aryl methyl sites for hydroxylation is 1. The molecule has 0 fully saturated rings. The third-order valence-electron chi connectivity index (χ3n) is 3.97. The summed E-state index contributed by atoms with van der Waals surface area (Å²) in [4.78, 5) is 16.5. The number of rotatable bonds is 5. The van der Waals surface area contributed by atoms with Crippen molar-refractivity contribution >= 4 is 17.2 Å². The molecule has 1 atom stereocenters. The number of carbonyl (C=O) groups excluding carboxylic acids is 1. The van der Waals surface area contributed by atoms with Gasteiger partial charge in [-0.3, -0.25) is 4.79 Å². The van der Waals surface area contributed by atoms with Crippen molar-refractivity contribution in [3.8, 4) is 11.3 Å². The summed E-state index contributed by atoms with van der Waals surface area (Å²) in [7, 11) is 0. The highest BCUT2D eigenvalue weighted by Crippen LogP contribution is 2.22. The number of carbonyl (C=O) groups is 1. The fourth-order valence-electron chi connectivity index (χ4n) is 2.60. The van der Waals surface area contributed by atoms with Crippen LogP contribution in [0.3, 0.4) is 0 Å². The average molecular weight is 322 g/mol. The first-order chi connectivity index (χ1) is 11.5. The van der Waals surface area contributed by atoms with Crippen LogP contribution in [0.2, 0.25) is 0 Å². The lowest BCUT2D eigenvalue weighted by Crippen LogP contribution is -2.19. The Morgan fingerprint density at radius 3 is 2.71 bits per heavy atom. The van der Waals surface area contributed by atoms with Gasteiger partial charge < -0.3 is 15.5 Å². The number of anilines is 1. The van der Waals surface area contributed by atoms with E-state index >= 15 is 0 Å². The molecule has 0 bridgehead atoms. The van der Waals surface area contributed by atoms with Crippen molar-refractivity contribution in [2.75, 3.05) is 5.32 Å². The van der Waals surface area contributed by atoms with Gasteiger partial charge in [0.05, 0.1) is 5.69 Å². The third kappa shape index (κ3) is 3.63. The lowest BCUT2D eigenvalue weighted by atomic mass is 10.1. The summed E-state index contributed by atoms with van der Waals surface area (Å²) >= 11 is 0. The number of imidazole rings is 1. The molecule has 0 saturated carbocycles. The number of nitrogens with zero attached hydrogens (tertiary/aromatic N) is 2. The minimum absolute atomic E-state index is 0.0107. The molecule has 3 aromatic rings. The van der Waals surface area contributed by atoms with E-state index < -0.39 is 0 Å². The molecule has 1 aromatic carbocycles. The van der Waals surface area contributed by atoms with E-state index in [0.29, 0.717) is 12.8 Å². The number of fused-ring (bicyclic) bond motifs is 1. The van der Waals surface area contributed by atoms with Gasteiger partial charge in [0.2, 0.25) is 5.91 Å². The zero-order valence-electron chi connectivity index (χ0n) is 14.0. The van der Waals surface area contributed by atoms with Gasteiger partial charge in [0, 0.05) is 36.1 Å². The lowest BCUT2D eigenvalue weighted by molar-refractivity contribution is -0.116. The molecule has 5 nitrogen and oxygen atoms in total. The highest BCUT2D eigenvalue weighted by molar-refractivity contribution is 5.91. The number of aromatic nitrogens is 2. The zero-order chi connectivity index (χ0) is 17.1. The summed E-state index contributed by atoms with van der Waals surface area (Å²) in [5, 5.41) is 2.89. The second-order valence-corrected chi connectivity index (χ2v) is 6.19. The topological polar surface area (TPSA) is 72.4 Å². The second-order valence-electron chi connectivity index (χ2n) is 6.19. The molecule has 0 radical (unpaired) electrons. The fourth-order valence-corrected chi connectivity index (χ4v) is 2.60. The first-order valence-corrected chi connectivity index (χ1v) is 8.13. The summed E-state index contributed by atoms with van der Waals surface area (Å²) in [5.41, 5.74) is 10.5. The number of nitrogens with two attached hydrogens (primary N) is 1. The van der Waals surface area contributed by atoms with Gasteiger partial charge in [-0.2, -0.15) is 0 Å². The number of nitrogens with one attached hydrogen (secondary N) is 1. The van der Waals surface area contributed by atoms with Crippen molar-refractivity contribution in [1.29, 1.82) is 0 Å². The number of hydrogen-bond donors (Lipinski definition) is 2. The fraction of sp³-hybridized carbons (Fsp3) is 0.263. The summed E-state index contributed by atoms with van der Waals surface area (Å²) in [6.45, 7) is 3.95. The molecule has 0 aliphatic rings. The molecule has 0 aliphatic carbocycles. The molecular formula is C19H22N4O. The molecule has 5 heteroatoms. The van der Waals surface area contributed by atoms with Gasteiger partial charge in [-0.15, -0.1) is 0 Å². The molecule has 0 aliphatic heterocycles. The molecule has 2 aromatic heterocycles. The quantitative estimate of drug-likeness (QED) is 0.756. The van der Waals surface area contributed by atoms with Crippen LogP contribution in [0.4, 0.5) is 5.69 Å². The van der Waals surface area contributed by atoms with E-state index in [1.807, 2.05) is 67.0 Å². The van der Waals surface area contributed by atoms with Crippen LogP contribution in [0.15, 0.2) is 48.8 Å². The summed E-state index contributed by atoms with van der Waals surface area (Å²) in [5.74, 6) is -0.0107. The molecule has 24 heavy (non-hydrogen) atoms. The van der Waals surface area contributed by atoms with Crippen LogP contribution >= 0.6 is 0 Å². The standard InChI is InChI=1S/C19H22N4O/c1-13-4-3-11-23-12-17(22-19(13)23)15-6-8-16(9-7-15)21-18(24)10-5-14(2)20/h3-4,6-9,11-12,14H,5,10,20H2,1-2H3,(H,21,24). The summed E-state index contributed by atoms with van der Waals surface area (Å²) in [6.07, 6.45) is 5.13. The van der Waals surface area contributed by atoms with Gasteiger partial charge in [0.25, 0.3) is 0 Å². The van der Waals surface area contributed by atoms with E-state index in [2.05, 4.69) is 10.3 Å². The van der Waals surface area contributed by atoms with Crippen molar-refractivity contribution in [2.45, 2.75) is 32.7 Å². The van der Waals surface area contributed by atoms with E-state index in [1.165, 1.54) is 0 Å². The minimum Gasteiger partial charge on any atom is -0.328 e. The van der Waals surface area contributed by atoms with Gasteiger partial charge in [-0.1, -0.05) is 18.2 Å². The van der Waals surface area contributed by atoms with Crippen molar-refractivity contribution in [3.05, 3.63) is 54.4 Å². The van der Waals surface area contributed by atoms with Gasteiger partial charge in [-0.05, 0) is 44.0 Å². The van der Waals surface area contributed by atoms with Gasteiger partial charge in [-0.25, -0.2) is 4.98 Å². The maximum absolute atomic E-state index is 11.8. The highest BCUT2D eigenvalue weighted by atomic mass is 16.1. The molecule has 2 heterocycles. The molecule has 1 unspecified atom stereocenters. The van der Waals surface area contributed by atoms with Crippen molar-refractivity contribution in [1.82, 2.24) is 9.38 Å². The van der Waals surface area contributed by atoms with Crippen molar-refractivity contribution < 1.29 is 4.79 Å². The first-order valence-electron chi connectivity index (χ1n) is 8.13. The Balaban J connectivity index is 1.74. The SMILES string of the molecule is Cc1cccn2cc(-c3ccc(NC(=O)CCC(C)N)cc3)nc12. The van der Waals surface area contributed by atoms with Gasteiger partial charge in [0.1, 0.15) is 5.65 Å². The Morgan fingerprint density at radius 2 is 2.04 bits per heavy atom. The van der Waals surface area contributed by atoms with Crippen LogP contribution < -0.4 is 11.1 Å². The monoisotopic (exact) mass is 322 g/mol. The Bertz CT molecular complexity index is 849. The molecule has 124 valence electrons. The second kappa shape index (κ2) is 6.84. The van der Waals surface area contributed by atoms with Crippen LogP contribution in [0, 0.1) is 6.92 Å². The van der Waals surface area contributed by atoms with Crippen LogP contribution in [0.25, 0.3) is 16.9 Å². The Kier molecular flexibility index (Phi) is 4.62. The number of benzene rings is 1. The Morgan fingerprint density at radius 1 is 1.29 bits per heavy atom. The maximum atomic E-state index is 11.8. The third-order valence-corrected chi connectivity index (χ3v) is 3.97. The van der Waals surface area contributed by atoms with Crippen LogP contribution in [0.5, 0.6) is 0 Å². The number of hydrogen-bond acceptors (Lipinski definition) is 3. The average Bonchev–Trinajstić information content (AvgIpc) is 2.99. The van der Waals surface area contributed by atoms with E-state index in [1.54, 1.807) is 0 Å². The molecule has 3 rings (SSSR count). The van der Waals surface area contributed by atoms with E-state index in [-0.39, 0.29) is 11.9 Å². The Hall–Kier alpha value is -2.66. The van der Waals surface area contributed by atoms with E-state index in [9.17, 15) is 4.79 Å². The Labute approximate surface area is 141 Å². The first kappa shape index (κ1) is 16.2. The van der Waals surface area contributed by atoms with E-state index in [0.717, 1.165) is 28.2 Å². The zero-order valence-corrected chi connectivity index (χ0v) is 14.0. The largest absolute Gasteiger partial charge is 0.328 e. The van der Waals surface area contributed by atoms with Crippen LogP contribution in [0.1, 0.15) is 25.3 Å². The molecule has 0 saturated heterocycles. The normalized spacial score (nSPS) is 12.3. The molecule has 3 N–H and O–H groups in total. The molecular weight excluding hydrogens is 300 g/mol. The summed E-state index contributed by atoms with van der Waals surface area (Å²) < 4.78 is 2.02. The smallest absolute Gasteiger partial charge is 0.224 e.